The van der Waals surface area contributed by atoms with Gasteiger partial charge in [-0.15, -0.1) is 0 Å². The van der Waals surface area contributed by atoms with Crippen LogP contribution in [0.4, 0.5) is 0 Å². The number of aliphatic hydroxyl groups excluding tert-OH is 1. The molecule has 1 N–H and O–H groups in total. The number of hydrogen-bond acceptors (Lipinski definition) is 5. The number of ether oxygens (including phenoxy) is 2. The molecule has 3 unspecified atom stereocenters. The molecular formula is C29H40O5S2. The van der Waals surface area contributed by atoms with Gasteiger partial charge in [0, 0.05) is 6.42 Å². The Balaban J connectivity index is 0.000000221. The van der Waals surface area contributed by atoms with E-state index in [1.54, 1.807) is 0 Å². The quantitative estimate of drug-likeness (QED) is 0.208. The monoisotopic (exact) mass is 532 g/mol. The summed E-state index contributed by atoms with van der Waals surface area (Å²) in [6.07, 6.45) is 12.2. The molecule has 0 spiro atoms. The summed E-state index contributed by atoms with van der Waals surface area (Å²) in [4.78, 5) is 0.781. The predicted octanol–water partition coefficient (Wildman–Crippen LogP) is 5.94. The molecule has 5 nitrogen and oxygen atoms in total. The molecule has 0 fully saturated rings. The molecule has 0 aromatic heterocycles. The first-order valence-corrected chi connectivity index (χ1v) is 15.6. The van der Waals surface area contributed by atoms with E-state index in [1.165, 1.54) is 37.7 Å². The molecule has 36 heavy (non-hydrogen) atoms. The number of aliphatic hydroxyl groups is 1. The van der Waals surface area contributed by atoms with E-state index < -0.39 is 28.5 Å². The fraction of sp³-hybridized carbons (Fsp3) is 0.517. The minimum absolute atomic E-state index is 0.191. The van der Waals surface area contributed by atoms with Gasteiger partial charge in [-0.2, -0.15) is 0 Å². The number of unbranched alkanes of at least 4 members (excludes halogenated alkanes) is 5. The van der Waals surface area contributed by atoms with Gasteiger partial charge in [0.2, 0.25) is 6.79 Å². The maximum absolute atomic E-state index is 12.3. The van der Waals surface area contributed by atoms with Crippen molar-refractivity contribution in [1.29, 1.82) is 0 Å². The Labute approximate surface area is 222 Å². The first kappa shape index (κ1) is 28.9. The smallest absolute Gasteiger partial charge is 0.231 e. The van der Waals surface area contributed by atoms with Gasteiger partial charge in [0.1, 0.15) is 17.1 Å². The second-order valence-electron chi connectivity index (χ2n) is 9.36. The van der Waals surface area contributed by atoms with Crippen LogP contribution in [-0.2, 0) is 28.8 Å². The van der Waals surface area contributed by atoms with E-state index in [2.05, 4.69) is 13.8 Å². The fourth-order valence-electron chi connectivity index (χ4n) is 4.26. The van der Waals surface area contributed by atoms with E-state index in [0.717, 1.165) is 35.0 Å². The topological polar surface area (TPSA) is 84.8 Å². The van der Waals surface area contributed by atoms with Gasteiger partial charge in [0.25, 0.3) is 0 Å². The molecule has 7 heteroatoms. The van der Waals surface area contributed by atoms with Crippen molar-refractivity contribution in [3.63, 3.8) is 0 Å². The van der Waals surface area contributed by atoms with Gasteiger partial charge in [-0.1, -0.05) is 74.1 Å². The second-order valence-corrected chi connectivity index (χ2v) is 12.9. The Morgan fingerprint density at radius 2 is 1.69 bits per heavy atom. The van der Waals surface area contributed by atoms with Crippen LogP contribution in [0.15, 0.2) is 65.6 Å². The molecule has 1 aliphatic carbocycles. The molecule has 4 rings (SSSR count). The average molecular weight is 533 g/mol. The van der Waals surface area contributed by atoms with Crippen LogP contribution in [0.25, 0.3) is 0 Å². The lowest BCUT2D eigenvalue weighted by Gasteiger charge is -2.18. The van der Waals surface area contributed by atoms with Crippen LogP contribution in [0.3, 0.4) is 0 Å². The fourth-order valence-corrected chi connectivity index (χ4v) is 6.92. The highest BCUT2D eigenvalue weighted by Gasteiger charge is 2.32. The largest absolute Gasteiger partial charge is 0.616 e. The van der Waals surface area contributed by atoms with Crippen molar-refractivity contribution in [2.75, 3.05) is 12.5 Å². The highest BCUT2D eigenvalue weighted by atomic mass is 32.2. The van der Waals surface area contributed by atoms with Crippen molar-refractivity contribution in [2.24, 2.45) is 0 Å². The van der Waals surface area contributed by atoms with E-state index in [1.807, 2.05) is 60.7 Å². The Bertz CT molecular complexity index is 923. The van der Waals surface area contributed by atoms with Crippen molar-refractivity contribution in [1.82, 2.24) is 0 Å². The normalized spacial score (nSPS) is 20.5. The van der Waals surface area contributed by atoms with Crippen LogP contribution < -0.4 is 9.47 Å². The lowest BCUT2D eigenvalue weighted by atomic mass is 10.1. The van der Waals surface area contributed by atoms with Crippen molar-refractivity contribution < 1.29 is 23.7 Å². The first-order chi connectivity index (χ1) is 17.5. The third-order valence-electron chi connectivity index (χ3n) is 6.41. The number of rotatable bonds is 12. The predicted molar refractivity (Wildman–Crippen MR) is 149 cm³/mol. The highest BCUT2D eigenvalue weighted by molar-refractivity contribution is 7.92. The van der Waals surface area contributed by atoms with E-state index in [9.17, 15) is 14.2 Å². The summed E-state index contributed by atoms with van der Waals surface area (Å²) in [5, 5.41) is 9.52. The Kier molecular flexibility index (Phi) is 12.5. The van der Waals surface area contributed by atoms with Crippen LogP contribution >= 0.6 is 0 Å². The summed E-state index contributed by atoms with van der Waals surface area (Å²) < 4.78 is 35.0. The number of hydrogen-bond donors (Lipinski definition) is 1. The van der Waals surface area contributed by atoms with Crippen LogP contribution in [0.5, 0.6) is 11.5 Å². The van der Waals surface area contributed by atoms with Crippen LogP contribution in [0.2, 0.25) is 0 Å². The van der Waals surface area contributed by atoms with E-state index >= 15 is 0 Å². The molecule has 0 saturated heterocycles. The van der Waals surface area contributed by atoms with Gasteiger partial charge in [-0.3, -0.25) is 0 Å². The van der Waals surface area contributed by atoms with Gasteiger partial charge in [-0.25, -0.2) is 0 Å². The minimum Gasteiger partial charge on any atom is -0.616 e. The van der Waals surface area contributed by atoms with Crippen LogP contribution in [0.1, 0.15) is 64.4 Å². The van der Waals surface area contributed by atoms with Gasteiger partial charge < -0.3 is 23.7 Å². The summed E-state index contributed by atoms with van der Waals surface area (Å²) in [6, 6.07) is 15.3. The maximum atomic E-state index is 12.3. The van der Waals surface area contributed by atoms with Gasteiger partial charge in [-0.05, 0) is 73.3 Å². The standard InChI is InChI=1S/C18H28O3S.C11H12O2S/c1-3-4-5-6-7-8-11-22(19)15(2)12-16-9-10-17-18(13-16)21-14-20-17;12-10-7-4-8-11(10)14(13)9-5-2-1-3-6-9/h9-10,13,15H,3-8,11-12,14H2,1-2H3;1-6,8,10-12H,7H2/t;10-,11-,14?/m.0/s1. The molecular weight excluding hydrogens is 492 g/mol. The SMILES string of the molecule is CCCCCCCC[S+]([O-])C(C)Cc1ccc2c(c1)OCO2.[O-][S+](c1ccccc1)[C@H]1C=CC[C@@H]1O. The third-order valence-corrected chi connectivity index (χ3v) is 9.87. The van der Waals surface area contributed by atoms with Gasteiger partial charge >= 0.3 is 0 Å². The van der Waals surface area contributed by atoms with Crippen molar-refractivity contribution in [3.8, 4) is 11.5 Å². The molecule has 2 aliphatic rings. The molecule has 0 radical (unpaired) electrons. The molecule has 0 saturated carbocycles. The molecule has 1 aliphatic heterocycles. The van der Waals surface area contributed by atoms with E-state index in [-0.39, 0.29) is 10.5 Å². The summed E-state index contributed by atoms with van der Waals surface area (Å²) in [6.45, 7) is 4.61. The Morgan fingerprint density at radius 1 is 0.972 bits per heavy atom. The highest BCUT2D eigenvalue weighted by Crippen LogP contribution is 2.33. The lowest BCUT2D eigenvalue weighted by Crippen LogP contribution is -2.29. The summed E-state index contributed by atoms with van der Waals surface area (Å²) in [5.41, 5.74) is 1.17. The molecule has 0 amide bonds. The zero-order chi connectivity index (χ0) is 25.8. The zero-order valence-corrected chi connectivity index (χ0v) is 23.1. The maximum Gasteiger partial charge on any atom is 0.231 e. The van der Waals surface area contributed by atoms with Crippen LogP contribution in [-0.4, -0.2) is 43.4 Å². The summed E-state index contributed by atoms with van der Waals surface area (Å²) in [5.74, 6) is 2.45. The zero-order valence-electron chi connectivity index (χ0n) is 21.5. The average Bonchev–Trinajstić information content (AvgIpc) is 3.55. The minimum atomic E-state index is -1.13. The molecule has 1 heterocycles. The second kappa shape index (κ2) is 15.6. The number of fused-ring (bicyclic) bond motifs is 1. The molecule has 0 bridgehead atoms. The Hall–Kier alpha value is -1.64. The number of benzene rings is 2. The first-order valence-electron chi connectivity index (χ1n) is 13.1. The Morgan fingerprint density at radius 3 is 2.42 bits per heavy atom. The van der Waals surface area contributed by atoms with E-state index in [4.69, 9.17) is 9.47 Å². The van der Waals surface area contributed by atoms with Crippen molar-refractivity contribution in [3.05, 3.63) is 66.2 Å². The summed E-state index contributed by atoms with van der Waals surface area (Å²) in [7, 11) is 0. The van der Waals surface area contributed by atoms with E-state index in [0.29, 0.717) is 13.2 Å². The lowest BCUT2D eigenvalue weighted by molar-refractivity contribution is 0.174. The molecule has 2 aromatic rings. The molecule has 5 atom stereocenters. The van der Waals surface area contributed by atoms with Gasteiger partial charge in [0.15, 0.2) is 21.6 Å². The third kappa shape index (κ3) is 9.03. The van der Waals surface area contributed by atoms with Crippen molar-refractivity contribution >= 4 is 22.4 Å². The van der Waals surface area contributed by atoms with Crippen molar-refractivity contribution in [2.45, 2.75) is 86.7 Å². The molecule has 2 aromatic carbocycles. The van der Waals surface area contributed by atoms with Gasteiger partial charge in [0.05, 0.1) is 0 Å². The molecule has 198 valence electrons. The van der Waals surface area contributed by atoms with Crippen LogP contribution in [0, 0.1) is 0 Å². The summed E-state index contributed by atoms with van der Waals surface area (Å²) >= 11 is -1.87.